The first-order valence-corrected chi connectivity index (χ1v) is 21.0. The Balaban J connectivity index is 1.03. The first kappa shape index (κ1) is 42.9. The normalized spacial score (nSPS) is 20.3. The van der Waals surface area contributed by atoms with E-state index in [1.807, 2.05) is 0 Å². The number of ether oxygens (including phenoxy) is 3. The number of pyridine rings is 1. The van der Waals surface area contributed by atoms with Crippen LogP contribution in [0.5, 0.6) is 5.75 Å². The predicted molar refractivity (Wildman–Crippen MR) is 221 cm³/mol. The fourth-order valence-corrected chi connectivity index (χ4v) is 8.38. The standard InChI is InChI=1S/C42H42ClN9O8S/c1-22(49-37(53)32-3-2-13-47-32)41(55)59-20-29(60-42(56)33-15-25-12-14-48-35(25)38(54)51-33)19-57-28-10-6-23(7-11-28)34-30(16-44)36(46)52-40(31(34)17-45)61-21-27-18-58-39(50-27)24-4-8-26(43)9-5-24/h4-11,18,22,25,29,32-33,35,47-48H,2-3,12-15,19-21H2,1H3,(H2,46,52)(H,49,53)(H,51,54). The van der Waals surface area contributed by atoms with E-state index in [1.54, 1.807) is 48.5 Å². The van der Waals surface area contributed by atoms with Gasteiger partial charge in [-0.1, -0.05) is 35.5 Å². The zero-order valence-corrected chi connectivity index (χ0v) is 34.5. The zero-order valence-electron chi connectivity index (χ0n) is 32.9. The number of benzene rings is 2. The van der Waals surface area contributed by atoms with Crippen molar-refractivity contribution in [3.05, 3.63) is 76.6 Å². The van der Waals surface area contributed by atoms with Gasteiger partial charge < -0.3 is 45.6 Å². The highest BCUT2D eigenvalue weighted by Gasteiger charge is 2.42. The molecule has 7 rings (SSSR count). The number of nitrogen functional groups attached to an aromatic ring is 1. The van der Waals surface area contributed by atoms with Gasteiger partial charge >= 0.3 is 11.9 Å². The number of oxazole rings is 1. The summed E-state index contributed by atoms with van der Waals surface area (Å²) in [4.78, 5) is 60.5. The number of nitrogens with two attached hydrogens (primary N) is 1. The lowest BCUT2D eigenvalue weighted by Crippen LogP contribution is -2.57. The molecule has 4 aromatic rings. The molecule has 0 aliphatic carbocycles. The van der Waals surface area contributed by atoms with Gasteiger partial charge in [0.15, 0.2) is 6.10 Å². The van der Waals surface area contributed by atoms with Gasteiger partial charge in [0.1, 0.15) is 65.9 Å². The van der Waals surface area contributed by atoms with Gasteiger partial charge in [-0.3, -0.25) is 9.59 Å². The molecule has 2 aromatic heterocycles. The van der Waals surface area contributed by atoms with Crippen LogP contribution < -0.4 is 31.7 Å². The quantitative estimate of drug-likeness (QED) is 0.0844. The highest BCUT2D eigenvalue weighted by molar-refractivity contribution is 7.98. The number of aromatic nitrogens is 2. The van der Waals surface area contributed by atoms with E-state index in [9.17, 15) is 29.7 Å². The Morgan fingerprint density at radius 3 is 2.48 bits per heavy atom. The second-order valence-electron chi connectivity index (χ2n) is 14.8. The number of hydrogen-bond donors (Lipinski definition) is 5. The number of nitrogens with zero attached hydrogens (tertiary/aromatic N) is 4. The fraction of sp³-hybridized carbons (Fsp3) is 0.381. The maximum absolute atomic E-state index is 13.4. The lowest BCUT2D eigenvalue weighted by atomic mass is 9.88. The molecule has 5 heterocycles. The Morgan fingerprint density at radius 1 is 1.00 bits per heavy atom. The molecule has 0 saturated carbocycles. The van der Waals surface area contributed by atoms with E-state index < -0.39 is 36.7 Å². The van der Waals surface area contributed by atoms with Crippen LogP contribution in [0.4, 0.5) is 5.82 Å². The summed E-state index contributed by atoms with van der Waals surface area (Å²) in [5.74, 6) is -1.10. The third kappa shape index (κ3) is 10.2. The molecular formula is C42H42ClN9O8S. The van der Waals surface area contributed by atoms with Crippen LogP contribution in [0.2, 0.25) is 5.02 Å². The molecule has 6 atom stereocenters. The number of nitrogens with one attached hydrogen (secondary N) is 4. The van der Waals surface area contributed by atoms with Crippen LogP contribution in [0, 0.1) is 28.6 Å². The number of thioether (sulfide) groups is 1. The van der Waals surface area contributed by atoms with Gasteiger partial charge in [-0.15, -0.1) is 0 Å². The smallest absolute Gasteiger partial charge is 0.329 e. The number of esters is 2. The number of hydrogen-bond acceptors (Lipinski definition) is 16. The Hall–Kier alpha value is -6.18. The number of anilines is 1. The Kier molecular flexibility index (Phi) is 13.7. The van der Waals surface area contributed by atoms with E-state index in [2.05, 4.69) is 43.4 Å². The summed E-state index contributed by atoms with van der Waals surface area (Å²) >= 11 is 7.22. The number of amides is 2. The van der Waals surface area contributed by atoms with Crippen molar-refractivity contribution in [2.45, 2.75) is 73.7 Å². The maximum Gasteiger partial charge on any atom is 0.329 e. The van der Waals surface area contributed by atoms with Crippen molar-refractivity contribution < 1.29 is 37.8 Å². The van der Waals surface area contributed by atoms with E-state index >= 15 is 0 Å². The monoisotopic (exact) mass is 867 g/mol. The minimum Gasteiger partial charge on any atom is -0.490 e. The van der Waals surface area contributed by atoms with Crippen molar-refractivity contribution >= 4 is 52.9 Å². The summed E-state index contributed by atoms with van der Waals surface area (Å²) < 4.78 is 22.9. The molecule has 61 heavy (non-hydrogen) atoms. The van der Waals surface area contributed by atoms with Gasteiger partial charge in [0.25, 0.3) is 0 Å². The van der Waals surface area contributed by atoms with E-state index in [0.717, 1.165) is 18.4 Å². The molecule has 19 heteroatoms. The van der Waals surface area contributed by atoms with E-state index in [4.69, 9.17) is 36.0 Å². The van der Waals surface area contributed by atoms with Crippen LogP contribution in [0.3, 0.4) is 0 Å². The van der Waals surface area contributed by atoms with E-state index in [0.29, 0.717) is 58.9 Å². The molecular weight excluding hydrogens is 826 g/mol. The number of fused-ring (bicyclic) bond motifs is 1. The highest BCUT2D eigenvalue weighted by atomic mass is 35.5. The molecule has 3 aliphatic rings. The summed E-state index contributed by atoms with van der Waals surface area (Å²) in [5.41, 5.74) is 8.52. The molecule has 0 spiro atoms. The molecule has 2 amide bonds. The lowest BCUT2D eigenvalue weighted by molar-refractivity contribution is -0.165. The van der Waals surface area contributed by atoms with Gasteiger partial charge in [-0.2, -0.15) is 10.5 Å². The lowest BCUT2D eigenvalue weighted by Gasteiger charge is -2.31. The molecule has 6 N–H and O–H groups in total. The van der Waals surface area contributed by atoms with Gasteiger partial charge in [0.05, 0.1) is 23.3 Å². The number of rotatable bonds is 15. The van der Waals surface area contributed by atoms with Gasteiger partial charge in [0.2, 0.25) is 17.7 Å². The summed E-state index contributed by atoms with van der Waals surface area (Å²) in [6.45, 7) is 2.23. The van der Waals surface area contributed by atoms with Crippen LogP contribution >= 0.6 is 23.4 Å². The molecule has 3 fully saturated rings. The summed E-state index contributed by atoms with van der Waals surface area (Å²) in [6, 6.07) is 15.2. The average Bonchev–Trinajstić information content (AvgIpc) is 4.08. The molecule has 3 aliphatic heterocycles. The molecule has 0 bridgehead atoms. The van der Waals surface area contributed by atoms with Crippen molar-refractivity contribution in [1.82, 2.24) is 31.2 Å². The second-order valence-corrected chi connectivity index (χ2v) is 16.2. The Morgan fingerprint density at radius 2 is 1.75 bits per heavy atom. The Bertz CT molecular complexity index is 2360. The van der Waals surface area contributed by atoms with Gasteiger partial charge in [-0.05, 0) is 93.6 Å². The first-order valence-electron chi connectivity index (χ1n) is 19.7. The maximum atomic E-state index is 13.4. The SMILES string of the molecule is CC(NC(=O)C1CCCN1)C(=O)OCC(COc1ccc(-c2c(C#N)c(N)nc(SCc3coc(-c4ccc(Cl)cc4)n3)c2C#N)cc1)OC(=O)C1CC2CCNC2C(=O)N1. The number of piperidine rings is 1. The molecule has 6 unspecified atom stereocenters. The topological polar surface area (TPSA) is 257 Å². The average molecular weight is 868 g/mol. The third-order valence-corrected chi connectivity index (χ3v) is 11.8. The van der Waals surface area contributed by atoms with Crippen molar-refractivity contribution in [2.75, 3.05) is 32.0 Å². The molecule has 2 aromatic carbocycles. The van der Waals surface area contributed by atoms with Crippen molar-refractivity contribution in [3.8, 4) is 40.5 Å². The van der Waals surface area contributed by atoms with E-state index in [1.165, 1.54) is 24.9 Å². The van der Waals surface area contributed by atoms with Crippen LogP contribution in [0.25, 0.3) is 22.6 Å². The van der Waals surface area contributed by atoms with Gasteiger partial charge in [0, 0.05) is 21.9 Å². The number of carbonyl (C=O) groups excluding carboxylic acids is 4. The molecule has 0 radical (unpaired) electrons. The largest absolute Gasteiger partial charge is 0.490 e. The van der Waals surface area contributed by atoms with Crippen LogP contribution in [0.1, 0.15) is 49.4 Å². The summed E-state index contributed by atoms with van der Waals surface area (Å²) in [6.07, 6.45) is 3.05. The number of carbonyl (C=O) groups is 4. The molecule has 316 valence electrons. The van der Waals surface area contributed by atoms with Crippen molar-refractivity contribution in [3.63, 3.8) is 0 Å². The van der Waals surface area contributed by atoms with Crippen LogP contribution in [0.15, 0.2) is 64.2 Å². The van der Waals surface area contributed by atoms with Crippen molar-refractivity contribution in [2.24, 2.45) is 5.92 Å². The zero-order chi connectivity index (χ0) is 43.0. The molecule has 3 saturated heterocycles. The highest BCUT2D eigenvalue weighted by Crippen LogP contribution is 2.37. The Labute approximate surface area is 360 Å². The molecule has 17 nitrogen and oxygen atoms in total. The number of nitriles is 2. The minimum atomic E-state index is -1.10. The predicted octanol–water partition coefficient (Wildman–Crippen LogP) is 3.63. The number of halogens is 1. The van der Waals surface area contributed by atoms with Crippen LogP contribution in [-0.2, 0) is 34.4 Å². The minimum absolute atomic E-state index is 0.0212. The third-order valence-electron chi connectivity index (χ3n) is 10.6. The summed E-state index contributed by atoms with van der Waals surface area (Å²) in [7, 11) is 0. The second kappa shape index (κ2) is 19.5. The van der Waals surface area contributed by atoms with E-state index in [-0.39, 0.29) is 64.7 Å². The summed E-state index contributed by atoms with van der Waals surface area (Å²) in [5, 5.41) is 32.9. The fourth-order valence-electron chi connectivity index (χ4n) is 7.38. The van der Waals surface area contributed by atoms with Crippen LogP contribution in [-0.4, -0.2) is 90.3 Å². The van der Waals surface area contributed by atoms with Gasteiger partial charge in [-0.25, -0.2) is 19.6 Å². The van der Waals surface area contributed by atoms with Crippen molar-refractivity contribution in [1.29, 1.82) is 10.5 Å². The first-order chi connectivity index (χ1) is 29.5.